The third-order valence-corrected chi connectivity index (χ3v) is 5.69. The first-order valence-electron chi connectivity index (χ1n) is 7.72. The molecule has 0 spiro atoms. The number of rotatable bonds is 6. The molecule has 0 saturated heterocycles. The molecule has 0 aliphatic carbocycles. The van der Waals surface area contributed by atoms with Gasteiger partial charge >= 0.3 is 0 Å². The van der Waals surface area contributed by atoms with E-state index in [4.69, 9.17) is 9.47 Å². The number of fused-ring (bicyclic) bond motifs is 1. The van der Waals surface area contributed by atoms with E-state index in [0.717, 1.165) is 30.2 Å². The van der Waals surface area contributed by atoms with Gasteiger partial charge in [-0.05, 0) is 42.1 Å². The molecule has 2 atom stereocenters. The maximum absolute atomic E-state index is 5.49. The van der Waals surface area contributed by atoms with Gasteiger partial charge in [-0.1, -0.05) is 20.8 Å². The van der Waals surface area contributed by atoms with E-state index >= 15 is 0 Å². The molecule has 0 fully saturated rings. The summed E-state index contributed by atoms with van der Waals surface area (Å²) in [7, 11) is 3.40. The van der Waals surface area contributed by atoms with Crippen LogP contribution in [0.25, 0.3) is 0 Å². The number of ether oxygens (including phenoxy) is 2. The van der Waals surface area contributed by atoms with E-state index in [1.165, 1.54) is 11.1 Å². The number of hydrogen-bond donors (Lipinski definition) is 1. The van der Waals surface area contributed by atoms with Crippen molar-refractivity contribution in [2.24, 2.45) is 5.92 Å². The summed E-state index contributed by atoms with van der Waals surface area (Å²) < 4.78 is 10.9. The molecule has 1 aliphatic heterocycles. The fourth-order valence-corrected chi connectivity index (χ4v) is 4.36. The van der Waals surface area contributed by atoms with Crippen LogP contribution in [0.3, 0.4) is 0 Å². The topological polar surface area (TPSA) is 30.5 Å². The van der Waals surface area contributed by atoms with Crippen molar-refractivity contribution in [1.82, 2.24) is 5.32 Å². The first-order valence-corrected chi connectivity index (χ1v) is 8.77. The van der Waals surface area contributed by atoms with Crippen LogP contribution in [0, 0.1) is 5.92 Å². The summed E-state index contributed by atoms with van der Waals surface area (Å²) in [4.78, 5) is 0. The van der Waals surface area contributed by atoms with Gasteiger partial charge in [0.05, 0.1) is 14.2 Å². The highest BCUT2D eigenvalue weighted by atomic mass is 32.2. The molecule has 1 N–H and O–H groups in total. The van der Waals surface area contributed by atoms with E-state index in [9.17, 15) is 0 Å². The van der Waals surface area contributed by atoms with E-state index in [-0.39, 0.29) is 0 Å². The summed E-state index contributed by atoms with van der Waals surface area (Å²) in [5.74, 6) is 3.34. The van der Waals surface area contributed by atoms with E-state index in [2.05, 4.69) is 38.2 Å². The Balaban J connectivity index is 2.41. The zero-order chi connectivity index (χ0) is 15.4. The molecule has 1 aromatic rings. The lowest BCUT2D eigenvalue weighted by Gasteiger charge is -2.36. The van der Waals surface area contributed by atoms with Crippen LogP contribution in [0.2, 0.25) is 0 Å². The molecule has 0 radical (unpaired) electrons. The lowest BCUT2D eigenvalue weighted by Crippen LogP contribution is -2.36. The van der Waals surface area contributed by atoms with Crippen molar-refractivity contribution in [2.75, 3.05) is 20.8 Å². The Labute approximate surface area is 132 Å². The summed E-state index contributed by atoms with van der Waals surface area (Å²) in [5, 5.41) is 4.33. The molecule has 0 amide bonds. The third-order valence-electron chi connectivity index (χ3n) is 4.01. The van der Waals surface area contributed by atoms with E-state index in [1.807, 2.05) is 11.8 Å². The van der Waals surface area contributed by atoms with Crippen LogP contribution in [0.15, 0.2) is 12.1 Å². The fourth-order valence-electron chi connectivity index (χ4n) is 2.91. The minimum absolute atomic E-state index is 0.388. The predicted octanol–water partition coefficient (Wildman–Crippen LogP) is 4.02. The zero-order valence-corrected chi connectivity index (χ0v) is 14.5. The van der Waals surface area contributed by atoms with Gasteiger partial charge < -0.3 is 14.8 Å². The summed E-state index contributed by atoms with van der Waals surface area (Å²) in [6.45, 7) is 7.87. The molecule has 1 aromatic carbocycles. The number of hydrogen-bond acceptors (Lipinski definition) is 4. The third kappa shape index (κ3) is 3.49. The lowest BCUT2D eigenvalue weighted by atomic mass is 9.92. The van der Waals surface area contributed by atoms with Crippen molar-refractivity contribution in [3.63, 3.8) is 0 Å². The molecular formula is C17H27NO2S. The highest BCUT2D eigenvalue weighted by Gasteiger charge is 2.32. The van der Waals surface area contributed by atoms with Crippen molar-refractivity contribution in [3.05, 3.63) is 23.3 Å². The Morgan fingerprint density at radius 1 is 1.24 bits per heavy atom. The summed E-state index contributed by atoms with van der Waals surface area (Å²) in [6, 6.07) is 4.69. The molecule has 21 heavy (non-hydrogen) atoms. The lowest BCUT2D eigenvalue weighted by molar-refractivity contribution is 0.352. The average Bonchev–Trinajstić information content (AvgIpc) is 2.50. The maximum atomic E-state index is 5.49. The highest BCUT2D eigenvalue weighted by Crippen LogP contribution is 2.44. The molecule has 2 rings (SSSR count). The van der Waals surface area contributed by atoms with Gasteiger partial charge in [-0.2, -0.15) is 11.8 Å². The van der Waals surface area contributed by atoms with Gasteiger partial charge in [0, 0.05) is 17.0 Å². The van der Waals surface area contributed by atoms with Crippen molar-refractivity contribution in [1.29, 1.82) is 0 Å². The molecule has 1 aliphatic rings. The number of methoxy groups -OCH3 is 2. The van der Waals surface area contributed by atoms with Crippen LogP contribution in [0.4, 0.5) is 0 Å². The molecule has 0 aromatic heterocycles. The van der Waals surface area contributed by atoms with Gasteiger partial charge in [0.15, 0.2) is 11.5 Å². The largest absolute Gasteiger partial charge is 0.493 e. The standard InChI is InChI=1S/C17H27NO2S/c1-6-7-18-16-13-9-15(20-5)14(19-4)8-12(13)10-21-17(16)11(2)3/h8-9,11,16-18H,6-7,10H2,1-5H3. The summed E-state index contributed by atoms with van der Waals surface area (Å²) >= 11 is 2.05. The Hall–Kier alpha value is -0.870. The molecule has 1 heterocycles. The normalized spacial score (nSPS) is 21.2. The molecule has 4 heteroatoms. The Morgan fingerprint density at radius 2 is 1.90 bits per heavy atom. The van der Waals surface area contributed by atoms with E-state index in [1.54, 1.807) is 14.2 Å². The molecule has 0 saturated carbocycles. The molecule has 2 unspecified atom stereocenters. The van der Waals surface area contributed by atoms with Crippen LogP contribution < -0.4 is 14.8 Å². The number of nitrogens with one attached hydrogen (secondary N) is 1. The Kier molecular flexibility index (Phi) is 5.82. The number of thioether (sulfide) groups is 1. The van der Waals surface area contributed by atoms with Crippen LogP contribution in [-0.4, -0.2) is 26.0 Å². The van der Waals surface area contributed by atoms with Gasteiger partial charge in [-0.25, -0.2) is 0 Å². The number of benzene rings is 1. The van der Waals surface area contributed by atoms with Gasteiger partial charge in [0.25, 0.3) is 0 Å². The molecular weight excluding hydrogens is 282 g/mol. The summed E-state index contributed by atoms with van der Waals surface area (Å²) in [6.07, 6.45) is 1.15. The van der Waals surface area contributed by atoms with Gasteiger partial charge in [-0.3, -0.25) is 0 Å². The molecule has 3 nitrogen and oxygen atoms in total. The second-order valence-corrected chi connectivity index (χ2v) is 7.02. The highest BCUT2D eigenvalue weighted by molar-refractivity contribution is 7.99. The monoisotopic (exact) mass is 309 g/mol. The van der Waals surface area contributed by atoms with Gasteiger partial charge in [0.2, 0.25) is 0 Å². The minimum Gasteiger partial charge on any atom is -0.493 e. The van der Waals surface area contributed by atoms with Crippen molar-refractivity contribution < 1.29 is 9.47 Å². The maximum Gasteiger partial charge on any atom is 0.161 e. The minimum atomic E-state index is 0.388. The van der Waals surface area contributed by atoms with Crippen molar-refractivity contribution >= 4 is 11.8 Å². The van der Waals surface area contributed by atoms with Crippen LogP contribution in [0.1, 0.15) is 44.4 Å². The quantitative estimate of drug-likeness (QED) is 0.860. The second kappa shape index (κ2) is 7.41. The second-order valence-electron chi connectivity index (χ2n) is 5.86. The zero-order valence-electron chi connectivity index (χ0n) is 13.7. The SMILES string of the molecule is CCCNC1c2cc(OC)c(OC)cc2CSC1C(C)C. The Bertz CT molecular complexity index is 476. The smallest absolute Gasteiger partial charge is 0.161 e. The molecule has 0 bridgehead atoms. The first kappa shape index (κ1) is 16.5. The van der Waals surface area contributed by atoms with Crippen LogP contribution >= 0.6 is 11.8 Å². The van der Waals surface area contributed by atoms with Crippen molar-refractivity contribution in [3.8, 4) is 11.5 Å². The van der Waals surface area contributed by atoms with Gasteiger partial charge in [0.1, 0.15) is 0 Å². The van der Waals surface area contributed by atoms with E-state index < -0.39 is 0 Å². The van der Waals surface area contributed by atoms with Crippen molar-refractivity contribution in [2.45, 2.75) is 44.2 Å². The van der Waals surface area contributed by atoms with E-state index in [0.29, 0.717) is 17.2 Å². The van der Waals surface area contributed by atoms with Gasteiger partial charge in [-0.15, -0.1) is 0 Å². The fraction of sp³-hybridized carbons (Fsp3) is 0.647. The predicted molar refractivity (Wildman–Crippen MR) is 90.5 cm³/mol. The van der Waals surface area contributed by atoms with Crippen LogP contribution in [-0.2, 0) is 5.75 Å². The Morgan fingerprint density at radius 3 is 2.48 bits per heavy atom. The first-order chi connectivity index (χ1) is 10.1. The molecule has 118 valence electrons. The summed E-state index contributed by atoms with van der Waals surface area (Å²) in [5.41, 5.74) is 2.74. The van der Waals surface area contributed by atoms with Crippen LogP contribution in [0.5, 0.6) is 11.5 Å². The average molecular weight is 309 g/mol.